The van der Waals surface area contributed by atoms with Crippen molar-refractivity contribution in [2.24, 2.45) is 0 Å². The molecule has 0 saturated heterocycles. The monoisotopic (exact) mass is 418 g/mol. The number of aromatic nitrogens is 1. The second-order valence-electron chi connectivity index (χ2n) is 5.61. The first-order chi connectivity index (χ1) is 13.3. The molecule has 28 heavy (non-hydrogen) atoms. The highest BCUT2D eigenvalue weighted by molar-refractivity contribution is 7.89. The highest BCUT2D eigenvalue weighted by atomic mass is 32.2. The Morgan fingerprint density at radius 1 is 1.11 bits per heavy atom. The Labute approximate surface area is 164 Å². The van der Waals surface area contributed by atoms with Gasteiger partial charge in [0.2, 0.25) is 0 Å². The van der Waals surface area contributed by atoms with Gasteiger partial charge in [-0.2, -0.15) is 0 Å². The van der Waals surface area contributed by atoms with E-state index in [0.717, 1.165) is 41.2 Å². The lowest BCUT2D eigenvalue weighted by Crippen LogP contribution is -2.41. The number of rotatable bonds is 6. The Bertz CT molecular complexity index is 1130. The molecule has 2 aromatic carbocycles. The lowest BCUT2D eigenvalue weighted by Gasteiger charge is -2.07. The van der Waals surface area contributed by atoms with Gasteiger partial charge in [-0.25, -0.2) is 13.4 Å². The van der Waals surface area contributed by atoms with Crippen LogP contribution in [0.2, 0.25) is 0 Å². The third-order valence-electron chi connectivity index (χ3n) is 3.68. The first-order valence-corrected chi connectivity index (χ1v) is 10.2. The molecule has 2 N–H and O–H groups in total. The van der Waals surface area contributed by atoms with Gasteiger partial charge in [0.1, 0.15) is 9.88 Å². The van der Waals surface area contributed by atoms with E-state index >= 15 is 0 Å². The molecule has 1 amide bonds. The van der Waals surface area contributed by atoms with Crippen molar-refractivity contribution in [3.63, 3.8) is 0 Å². The van der Waals surface area contributed by atoms with E-state index in [4.69, 9.17) is 0 Å². The Morgan fingerprint density at radius 3 is 2.36 bits per heavy atom. The van der Waals surface area contributed by atoms with E-state index in [1.807, 2.05) is 35.2 Å². The third-order valence-corrected chi connectivity index (χ3v) is 6.15. The number of benzene rings is 2. The van der Waals surface area contributed by atoms with Gasteiger partial charge >= 0.3 is 0 Å². The molecule has 0 bridgehead atoms. The number of non-ortho nitro benzene ring substituents is 1. The molecule has 0 aliphatic heterocycles. The Balaban J connectivity index is 1.73. The number of nitro benzene ring substituents is 1. The zero-order valence-electron chi connectivity index (χ0n) is 14.4. The van der Waals surface area contributed by atoms with Crippen molar-refractivity contribution in [3.8, 4) is 10.6 Å². The summed E-state index contributed by atoms with van der Waals surface area (Å²) in [7, 11) is -4.08. The molecule has 0 aliphatic carbocycles. The quantitative estimate of drug-likeness (QED) is 0.467. The molecule has 0 atom stereocenters. The normalized spacial score (nSPS) is 11.2. The number of aryl methyl sites for hydroxylation is 1. The van der Waals surface area contributed by atoms with E-state index < -0.39 is 20.9 Å². The fourth-order valence-corrected chi connectivity index (χ4v) is 4.09. The predicted octanol–water partition coefficient (Wildman–Crippen LogP) is 2.65. The number of amides is 1. The molecular weight excluding hydrogens is 404 g/mol. The van der Waals surface area contributed by atoms with Crippen molar-refractivity contribution in [2.75, 3.05) is 0 Å². The van der Waals surface area contributed by atoms with E-state index in [1.54, 1.807) is 6.92 Å². The summed E-state index contributed by atoms with van der Waals surface area (Å²) in [6.45, 7) is 1.66. The van der Waals surface area contributed by atoms with Crippen LogP contribution in [0, 0.1) is 17.0 Å². The van der Waals surface area contributed by atoms with Gasteiger partial charge in [0.05, 0.1) is 15.5 Å². The minimum atomic E-state index is -4.08. The molecule has 0 aliphatic rings. The standard InChI is InChI=1S/C17H14N4O5S2/c1-11-15(27-17(18-11)12-5-3-2-4-6-12)16(22)19-20-28(25,26)14-9-7-13(8-10-14)21(23)24/h2-10,20H,1H3,(H,19,22). The number of nitro groups is 1. The van der Waals surface area contributed by atoms with Gasteiger partial charge in [0.25, 0.3) is 21.6 Å². The smallest absolute Gasteiger partial charge is 0.273 e. The van der Waals surface area contributed by atoms with Gasteiger partial charge in [-0.1, -0.05) is 30.3 Å². The van der Waals surface area contributed by atoms with Crippen LogP contribution in [0.25, 0.3) is 10.6 Å². The molecule has 0 radical (unpaired) electrons. The van der Waals surface area contributed by atoms with E-state index in [2.05, 4.69) is 10.4 Å². The van der Waals surface area contributed by atoms with Gasteiger partial charge in [-0.3, -0.25) is 20.3 Å². The van der Waals surface area contributed by atoms with Crippen LogP contribution in [0.15, 0.2) is 59.5 Å². The number of hydrogen-bond donors (Lipinski definition) is 2. The summed E-state index contributed by atoms with van der Waals surface area (Å²) < 4.78 is 24.5. The van der Waals surface area contributed by atoms with Crippen LogP contribution in [0.1, 0.15) is 15.4 Å². The summed E-state index contributed by atoms with van der Waals surface area (Å²) in [6, 6.07) is 13.6. The van der Waals surface area contributed by atoms with Gasteiger partial charge in [-0.05, 0) is 19.1 Å². The zero-order valence-corrected chi connectivity index (χ0v) is 16.1. The molecule has 9 nitrogen and oxygen atoms in total. The van der Waals surface area contributed by atoms with Crippen LogP contribution < -0.4 is 10.3 Å². The summed E-state index contributed by atoms with van der Waals surface area (Å²) in [5.74, 6) is -0.650. The van der Waals surface area contributed by atoms with E-state index in [1.165, 1.54) is 0 Å². The SMILES string of the molecule is Cc1nc(-c2ccccc2)sc1C(=O)NNS(=O)(=O)c1ccc([N+](=O)[O-])cc1. The largest absolute Gasteiger partial charge is 0.278 e. The van der Waals surface area contributed by atoms with Crippen molar-refractivity contribution in [1.82, 2.24) is 15.2 Å². The van der Waals surface area contributed by atoms with Crippen LogP contribution >= 0.6 is 11.3 Å². The summed E-state index contributed by atoms with van der Waals surface area (Å²) in [5.41, 5.74) is 3.22. The number of nitrogens with zero attached hydrogens (tertiary/aromatic N) is 2. The second-order valence-corrected chi connectivity index (χ2v) is 8.29. The van der Waals surface area contributed by atoms with Crippen LogP contribution in [0.4, 0.5) is 5.69 Å². The number of hydrogen-bond acceptors (Lipinski definition) is 7. The first kappa shape index (κ1) is 19.6. The minimum absolute atomic E-state index is 0.218. The fourth-order valence-electron chi connectivity index (χ4n) is 2.29. The van der Waals surface area contributed by atoms with E-state index in [0.29, 0.717) is 10.7 Å². The van der Waals surface area contributed by atoms with Crippen molar-refractivity contribution in [1.29, 1.82) is 0 Å². The molecule has 1 aromatic heterocycles. The van der Waals surface area contributed by atoms with Crippen molar-refractivity contribution in [3.05, 3.63) is 75.3 Å². The molecule has 3 aromatic rings. The number of sulfonamides is 1. The van der Waals surface area contributed by atoms with Crippen molar-refractivity contribution < 1.29 is 18.1 Å². The number of nitrogens with one attached hydrogen (secondary N) is 2. The van der Waals surface area contributed by atoms with Gasteiger partial charge in [0, 0.05) is 17.7 Å². The number of carbonyl (C=O) groups excluding carboxylic acids is 1. The predicted molar refractivity (Wildman–Crippen MR) is 103 cm³/mol. The maximum Gasteiger partial charge on any atom is 0.278 e. The number of hydrazine groups is 1. The van der Waals surface area contributed by atoms with Gasteiger partial charge < -0.3 is 0 Å². The molecule has 0 fully saturated rings. The average molecular weight is 418 g/mol. The first-order valence-electron chi connectivity index (χ1n) is 7.87. The van der Waals surface area contributed by atoms with Gasteiger partial charge in [-0.15, -0.1) is 16.2 Å². The topological polar surface area (TPSA) is 131 Å². The fraction of sp³-hybridized carbons (Fsp3) is 0.0588. The lowest BCUT2D eigenvalue weighted by atomic mass is 10.2. The molecule has 0 saturated carbocycles. The summed E-state index contributed by atoms with van der Waals surface area (Å²) >= 11 is 1.14. The molecule has 0 unspecified atom stereocenters. The highest BCUT2D eigenvalue weighted by Crippen LogP contribution is 2.27. The van der Waals surface area contributed by atoms with Crippen molar-refractivity contribution in [2.45, 2.75) is 11.8 Å². The Kier molecular flexibility index (Phi) is 5.49. The molecule has 144 valence electrons. The minimum Gasteiger partial charge on any atom is -0.273 e. The Morgan fingerprint density at radius 2 is 1.75 bits per heavy atom. The number of thiazole rings is 1. The molecule has 1 heterocycles. The van der Waals surface area contributed by atoms with Gasteiger partial charge in [0.15, 0.2) is 0 Å². The van der Waals surface area contributed by atoms with Crippen LogP contribution in [-0.4, -0.2) is 24.2 Å². The van der Waals surface area contributed by atoms with Crippen LogP contribution in [0.5, 0.6) is 0 Å². The summed E-state index contributed by atoms with van der Waals surface area (Å²) in [6.07, 6.45) is 0. The third kappa shape index (κ3) is 4.22. The van der Waals surface area contributed by atoms with Crippen LogP contribution in [0.3, 0.4) is 0 Å². The summed E-state index contributed by atoms with van der Waals surface area (Å²) in [4.78, 5) is 28.8. The van der Waals surface area contributed by atoms with Crippen molar-refractivity contribution >= 4 is 33.0 Å². The Hall–Kier alpha value is -3.15. The average Bonchev–Trinajstić information content (AvgIpc) is 3.09. The van der Waals surface area contributed by atoms with E-state index in [-0.39, 0.29) is 15.5 Å². The second kappa shape index (κ2) is 7.84. The molecular formula is C17H14N4O5S2. The molecule has 0 spiro atoms. The maximum atomic E-state index is 12.4. The molecule has 3 rings (SSSR count). The van der Waals surface area contributed by atoms with E-state index in [9.17, 15) is 23.3 Å². The van der Waals surface area contributed by atoms with Crippen LogP contribution in [-0.2, 0) is 10.0 Å². The lowest BCUT2D eigenvalue weighted by molar-refractivity contribution is -0.384. The zero-order chi connectivity index (χ0) is 20.3. The summed E-state index contributed by atoms with van der Waals surface area (Å²) in [5, 5.41) is 11.3. The number of carbonyl (C=O) groups is 1. The molecule has 11 heteroatoms. The maximum absolute atomic E-state index is 12.4. The highest BCUT2D eigenvalue weighted by Gasteiger charge is 2.20.